The first-order valence-corrected chi connectivity index (χ1v) is 14.4. The molecule has 2 N–H and O–H groups in total. The van der Waals surface area contributed by atoms with E-state index in [-0.39, 0.29) is 17.9 Å². The molecule has 1 heterocycles. The molecule has 1 aliphatic rings. The summed E-state index contributed by atoms with van der Waals surface area (Å²) in [6, 6.07) is 17.9. The number of rotatable bonds is 8. The van der Waals surface area contributed by atoms with Crippen LogP contribution in [0.25, 0.3) is 11.1 Å². The SMILES string of the molecule is Cc1ccc(S(=O)(=O)N2CCCC(C(=O)N[C@@H](Cc3ccc(-c4ccc(Cl)cc4Cl)cc3)C(=O)O)C2)cc1. The minimum Gasteiger partial charge on any atom is -0.480 e. The van der Waals surface area contributed by atoms with Gasteiger partial charge in [-0.15, -0.1) is 0 Å². The molecule has 1 saturated heterocycles. The Morgan fingerprint density at radius 1 is 1.05 bits per heavy atom. The van der Waals surface area contributed by atoms with E-state index in [9.17, 15) is 23.1 Å². The number of carbonyl (C=O) groups excluding carboxylic acids is 1. The van der Waals surface area contributed by atoms with Gasteiger partial charge in [-0.3, -0.25) is 4.79 Å². The van der Waals surface area contributed by atoms with Crippen molar-refractivity contribution in [2.75, 3.05) is 13.1 Å². The highest BCUT2D eigenvalue weighted by atomic mass is 35.5. The van der Waals surface area contributed by atoms with E-state index >= 15 is 0 Å². The lowest BCUT2D eigenvalue weighted by atomic mass is 9.97. The number of halogens is 2. The van der Waals surface area contributed by atoms with Crippen molar-refractivity contribution >= 4 is 45.1 Å². The molecule has 3 aromatic carbocycles. The summed E-state index contributed by atoms with van der Waals surface area (Å²) < 4.78 is 27.5. The van der Waals surface area contributed by atoms with Crippen molar-refractivity contribution in [1.82, 2.24) is 9.62 Å². The van der Waals surface area contributed by atoms with Crippen LogP contribution in [0.3, 0.4) is 0 Å². The minimum atomic E-state index is -3.75. The zero-order valence-electron chi connectivity index (χ0n) is 20.7. The first kappa shape index (κ1) is 28.1. The fourth-order valence-electron chi connectivity index (χ4n) is 4.50. The number of hydrogen-bond acceptors (Lipinski definition) is 4. The molecule has 200 valence electrons. The lowest BCUT2D eigenvalue weighted by Crippen LogP contribution is -2.50. The van der Waals surface area contributed by atoms with Gasteiger partial charge in [0.2, 0.25) is 15.9 Å². The number of nitrogens with one attached hydrogen (secondary N) is 1. The van der Waals surface area contributed by atoms with Gasteiger partial charge in [-0.2, -0.15) is 4.31 Å². The van der Waals surface area contributed by atoms with E-state index in [4.69, 9.17) is 23.2 Å². The van der Waals surface area contributed by atoms with Crippen LogP contribution >= 0.6 is 23.2 Å². The highest BCUT2D eigenvalue weighted by Gasteiger charge is 2.34. The van der Waals surface area contributed by atoms with E-state index < -0.39 is 33.9 Å². The fraction of sp³-hybridized carbons (Fsp3) is 0.286. The van der Waals surface area contributed by atoms with E-state index in [0.29, 0.717) is 29.4 Å². The summed E-state index contributed by atoms with van der Waals surface area (Å²) in [4.78, 5) is 25.2. The van der Waals surface area contributed by atoms with Crippen LogP contribution in [0.15, 0.2) is 71.6 Å². The first-order valence-electron chi connectivity index (χ1n) is 12.2. The predicted octanol–water partition coefficient (Wildman–Crippen LogP) is 5.18. The smallest absolute Gasteiger partial charge is 0.326 e. The molecule has 1 amide bonds. The summed E-state index contributed by atoms with van der Waals surface area (Å²) in [5.74, 6) is -2.27. The van der Waals surface area contributed by atoms with Crippen LogP contribution < -0.4 is 5.32 Å². The molecule has 0 bridgehead atoms. The van der Waals surface area contributed by atoms with E-state index in [1.165, 1.54) is 4.31 Å². The number of nitrogens with zero attached hydrogens (tertiary/aromatic N) is 1. The van der Waals surface area contributed by atoms with E-state index in [1.54, 1.807) is 48.5 Å². The molecule has 0 saturated carbocycles. The second-order valence-electron chi connectivity index (χ2n) is 9.44. The van der Waals surface area contributed by atoms with Gasteiger partial charge < -0.3 is 10.4 Å². The van der Waals surface area contributed by atoms with Gasteiger partial charge in [0.1, 0.15) is 6.04 Å². The lowest BCUT2D eigenvalue weighted by molar-refractivity contribution is -0.142. The quantitative estimate of drug-likeness (QED) is 0.385. The third-order valence-corrected chi connectivity index (χ3v) is 9.09. The number of piperidine rings is 1. The van der Waals surface area contributed by atoms with Crippen LogP contribution in [0.4, 0.5) is 0 Å². The van der Waals surface area contributed by atoms with Gasteiger partial charge in [0, 0.05) is 35.1 Å². The maximum absolute atomic E-state index is 13.1. The molecule has 1 fully saturated rings. The summed E-state index contributed by atoms with van der Waals surface area (Å²) in [6.45, 7) is 2.19. The molecule has 0 aliphatic carbocycles. The van der Waals surface area contributed by atoms with Gasteiger partial charge in [0.15, 0.2) is 0 Å². The molecule has 4 rings (SSSR count). The van der Waals surface area contributed by atoms with Gasteiger partial charge >= 0.3 is 5.97 Å². The molecule has 1 aliphatic heterocycles. The number of aliphatic carboxylic acids is 1. The highest BCUT2D eigenvalue weighted by Crippen LogP contribution is 2.30. The highest BCUT2D eigenvalue weighted by molar-refractivity contribution is 7.89. The number of aryl methyl sites for hydroxylation is 1. The third-order valence-electron chi connectivity index (χ3n) is 6.66. The fourth-order valence-corrected chi connectivity index (χ4v) is 6.54. The summed E-state index contributed by atoms with van der Waals surface area (Å²) in [6.07, 6.45) is 1.07. The molecule has 1 unspecified atom stereocenters. The Morgan fingerprint density at radius 3 is 2.37 bits per heavy atom. The molecule has 0 radical (unpaired) electrons. The van der Waals surface area contributed by atoms with Crippen molar-refractivity contribution < 1.29 is 23.1 Å². The van der Waals surface area contributed by atoms with Crippen molar-refractivity contribution in [3.63, 3.8) is 0 Å². The van der Waals surface area contributed by atoms with Crippen molar-refractivity contribution in [2.24, 2.45) is 5.92 Å². The lowest BCUT2D eigenvalue weighted by Gasteiger charge is -2.31. The van der Waals surface area contributed by atoms with Crippen molar-refractivity contribution in [3.8, 4) is 11.1 Å². The number of hydrogen-bond donors (Lipinski definition) is 2. The number of amides is 1. The van der Waals surface area contributed by atoms with Crippen molar-refractivity contribution in [2.45, 2.75) is 37.1 Å². The summed E-state index contributed by atoms with van der Waals surface area (Å²) >= 11 is 12.3. The topological polar surface area (TPSA) is 104 Å². The molecule has 0 aromatic heterocycles. The Bertz CT molecular complexity index is 1430. The normalized spacial score (nSPS) is 17.1. The Morgan fingerprint density at radius 2 is 1.74 bits per heavy atom. The molecule has 3 aromatic rings. The standard InChI is InChI=1S/C28H28Cl2N2O5S/c1-18-4-11-23(12-5-18)38(36,37)32-14-2-3-21(17-32)27(33)31-26(28(34)35)15-19-6-8-20(9-7-19)24-13-10-22(29)16-25(24)30/h4-13,16,21,26H,2-3,14-15,17H2,1H3,(H,31,33)(H,34,35)/t21?,26-/m0/s1. The van der Waals surface area contributed by atoms with Gasteiger partial charge in [0.25, 0.3) is 0 Å². The molecular formula is C28H28Cl2N2O5S. The Balaban J connectivity index is 1.42. The Labute approximate surface area is 232 Å². The largest absolute Gasteiger partial charge is 0.480 e. The molecule has 7 nitrogen and oxygen atoms in total. The van der Waals surface area contributed by atoms with Crippen LogP contribution in [-0.4, -0.2) is 48.8 Å². The molecule has 0 spiro atoms. The number of benzene rings is 3. The minimum absolute atomic E-state index is 0.00489. The average Bonchev–Trinajstić information content (AvgIpc) is 2.89. The van der Waals surface area contributed by atoms with Gasteiger partial charge in [0.05, 0.1) is 10.8 Å². The number of carbonyl (C=O) groups is 2. The molecule has 38 heavy (non-hydrogen) atoms. The van der Waals surface area contributed by atoms with Gasteiger partial charge in [-0.05, 0) is 55.2 Å². The second kappa shape index (κ2) is 11.9. The van der Waals surface area contributed by atoms with Gasteiger partial charge in [-0.1, -0.05) is 71.2 Å². The van der Waals surface area contributed by atoms with E-state index in [2.05, 4.69) is 5.32 Å². The maximum atomic E-state index is 13.1. The van der Waals surface area contributed by atoms with Crippen LogP contribution in [-0.2, 0) is 26.0 Å². The second-order valence-corrected chi connectivity index (χ2v) is 12.2. The van der Waals surface area contributed by atoms with Crippen molar-refractivity contribution in [1.29, 1.82) is 0 Å². The predicted molar refractivity (Wildman–Crippen MR) is 148 cm³/mol. The number of carboxylic acids is 1. The van der Waals surface area contributed by atoms with E-state index in [1.807, 2.05) is 25.1 Å². The molecule has 10 heteroatoms. The van der Waals surface area contributed by atoms with E-state index in [0.717, 1.165) is 22.3 Å². The average molecular weight is 576 g/mol. The molecule has 2 atom stereocenters. The van der Waals surface area contributed by atoms with Crippen LogP contribution in [0.2, 0.25) is 10.0 Å². The summed E-state index contributed by atoms with van der Waals surface area (Å²) in [5.41, 5.74) is 3.32. The first-order chi connectivity index (χ1) is 18.0. The van der Waals surface area contributed by atoms with Crippen LogP contribution in [0.1, 0.15) is 24.0 Å². The Hall–Kier alpha value is -2.91. The summed E-state index contributed by atoms with van der Waals surface area (Å²) in [7, 11) is -3.75. The summed E-state index contributed by atoms with van der Waals surface area (Å²) in [5, 5.41) is 13.4. The van der Waals surface area contributed by atoms with Gasteiger partial charge in [-0.25, -0.2) is 13.2 Å². The number of sulfonamides is 1. The van der Waals surface area contributed by atoms with Crippen LogP contribution in [0.5, 0.6) is 0 Å². The van der Waals surface area contributed by atoms with Crippen molar-refractivity contribution in [3.05, 3.63) is 87.9 Å². The zero-order chi connectivity index (χ0) is 27.4. The third kappa shape index (κ3) is 6.56. The van der Waals surface area contributed by atoms with Crippen LogP contribution in [0, 0.1) is 12.8 Å². The monoisotopic (exact) mass is 574 g/mol. The maximum Gasteiger partial charge on any atom is 0.326 e. The molecular weight excluding hydrogens is 547 g/mol. The number of carboxylic acid groups (broad SMARTS) is 1. The zero-order valence-corrected chi connectivity index (χ0v) is 23.1. The Kier molecular flexibility index (Phi) is 8.78.